The van der Waals surface area contributed by atoms with Gasteiger partial charge >= 0.3 is 5.97 Å². The number of rotatable bonds is 5. The number of esters is 1. The van der Waals surface area contributed by atoms with Gasteiger partial charge in [0.25, 0.3) is 0 Å². The highest BCUT2D eigenvalue weighted by Gasteiger charge is 2.10. The smallest absolute Gasteiger partial charge is 0.343 e. The van der Waals surface area contributed by atoms with Crippen molar-refractivity contribution in [3.8, 4) is 17.2 Å². The second-order valence-corrected chi connectivity index (χ2v) is 8.63. The lowest BCUT2D eigenvalue weighted by atomic mass is 10.2. The average Bonchev–Trinajstić information content (AvgIpc) is 3.30. The van der Waals surface area contributed by atoms with Crippen LogP contribution in [0.3, 0.4) is 0 Å². The van der Waals surface area contributed by atoms with Crippen LogP contribution in [-0.4, -0.2) is 17.2 Å². The molecule has 0 saturated heterocycles. The number of oxazole rings is 1. The molecule has 5 rings (SSSR count). The van der Waals surface area contributed by atoms with E-state index >= 15 is 0 Å². The average molecular weight is 511 g/mol. The number of hydrogen-bond donors (Lipinski definition) is 0. The van der Waals surface area contributed by atoms with E-state index in [4.69, 9.17) is 9.15 Å². The number of para-hydroxylation sites is 1. The first-order valence-electron chi connectivity index (χ1n) is 10.6. The lowest BCUT2D eigenvalue weighted by Gasteiger charge is -2.05. The molecule has 0 radical (unpaired) electrons. The van der Waals surface area contributed by atoms with Crippen molar-refractivity contribution < 1.29 is 13.9 Å². The van der Waals surface area contributed by atoms with Crippen molar-refractivity contribution in [2.75, 3.05) is 0 Å². The van der Waals surface area contributed by atoms with Gasteiger partial charge in [-0.25, -0.2) is 9.78 Å². The minimum absolute atomic E-state index is 0.403. The summed E-state index contributed by atoms with van der Waals surface area (Å²) in [6.45, 7) is 2.02. The number of aromatic nitrogens is 1. The van der Waals surface area contributed by atoms with E-state index in [0.29, 0.717) is 17.2 Å². The monoisotopic (exact) mass is 510 g/mol. The Hall–Kier alpha value is -4.03. The van der Waals surface area contributed by atoms with Crippen LogP contribution in [0.5, 0.6) is 5.75 Å². The van der Waals surface area contributed by atoms with Gasteiger partial charge < -0.3 is 9.15 Å². The summed E-state index contributed by atoms with van der Waals surface area (Å²) >= 11 is 3.35. The number of carbonyl (C=O) groups excluding carboxylic acids is 1. The van der Waals surface area contributed by atoms with Gasteiger partial charge in [-0.05, 0) is 90.8 Å². The second kappa shape index (κ2) is 9.45. The van der Waals surface area contributed by atoms with Crippen molar-refractivity contribution in [3.63, 3.8) is 0 Å². The van der Waals surface area contributed by atoms with Crippen LogP contribution in [0.2, 0.25) is 0 Å². The summed E-state index contributed by atoms with van der Waals surface area (Å²) in [6, 6.07) is 27.8. The number of benzene rings is 4. The maximum absolute atomic E-state index is 12.3. The molecule has 0 unspecified atom stereocenters. The van der Waals surface area contributed by atoms with Crippen molar-refractivity contribution in [2.24, 2.45) is 4.99 Å². The summed E-state index contributed by atoms with van der Waals surface area (Å²) in [5.74, 6) is 0.636. The molecular weight excluding hydrogens is 492 g/mol. The van der Waals surface area contributed by atoms with E-state index in [2.05, 4.69) is 25.9 Å². The highest BCUT2D eigenvalue weighted by atomic mass is 79.9. The zero-order valence-electron chi connectivity index (χ0n) is 18.2. The van der Waals surface area contributed by atoms with E-state index in [1.807, 2.05) is 61.5 Å². The van der Waals surface area contributed by atoms with Gasteiger partial charge in [-0.1, -0.05) is 34.1 Å². The Morgan fingerprint density at radius 3 is 2.50 bits per heavy atom. The van der Waals surface area contributed by atoms with Crippen LogP contribution in [0, 0.1) is 6.92 Å². The van der Waals surface area contributed by atoms with Crippen molar-refractivity contribution in [1.82, 2.24) is 4.98 Å². The normalized spacial score (nSPS) is 11.2. The van der Waals surface area contributed by atoms with Gasteiger partial charge in [0.2, 0.25) is 5.89 Å². The summed E-state index contributed by atoms with van der Waals surface area (Å²) in [7, 11) is 0. The van der Waals surface area contributed by atoms with E-state index < -0.39 is 5.97 Å². The Bertz CT molecular complexity index is 1500. The van der Waals surface area contributed by atoms with Gasteiger partial charge in [-0.3, -0.25) is 4.99 Å². The molecule has 5 nitrogen and oxygen atoms in total. The standard InChI is InChI=1S/C28H19BrN2O3/c1-18-4-2-7-25-26(18)31-27(34-25)21-5-3-6-23(16-21)30-17-19-8-14-24(15-9-19)33-28(32)20-10-12-22(29)13-11-20/h2-17H,1H3. The molecule has 4 aromatic carbocycles. The molecule has 0 aliphatic heterocycles. The first kappa shape index (κ1) is 21.8. The topological polar surface area (TPSA) is 64.7 Å². The molecule has 34 heavy (non-hydrogen) atoms. The highest BCUT2D eigenvalue weighted by Crippen LogP contribution is 2.28. The van der Waals surface area contributed by atoms with E-state index in [-0.39, 0.29) is 0 Å². The Morgan fingerprint density at radius 1 is 0.971 bits per heavy atom. The maximum atomic E-state index is 12.3. The van der Waals surface area contributed by atoms with Gasteiger partial charge in [-0.2, -0.15) is 0 Å². The van der Waals surface area contributed by atoms with Crippen molar-refractivity contribution >= 4 is 44.9 Å². The molecule has 0 bridgehead atoms. The third kappa shape index (κ3) is 4.82. The van der Waals surface area contributed by atoms with Crippen LogP contribution < -0.4 is 4.74 Å². The number of ether oxygens (including phenoxy) is 1. The van der Waals surface area contributed by atoms with Crippen LogP contribution >= 0.6 is 15.9 Å². The molecule has 1 aromatic heterocycles. The van der Waals surface area contributed by atoms with Crippen LogP contribution in [0.15, 0.2) is 105 Å². The first-order chi connectivity index (χ1) is 16.5. The Balaban J connectivity index is 1.29. The van der Waals surface area contributed by atoms with Crippen LogP contribution in [-0.2, 0) is 0 Å². The predicted octanol–water partition coefficient (Wildman–Crippen LogP) is 7.54. The zero-order chi connectivity index (χ0) is 23.5. The fourth-order valence-corrected chi connectivity index (χ4v) is 3.72. The Morgan fingerprint density at radius 2 is 1.74 bits per heavy atom. The van der Waals surface area contributed by atoms with Crippen LogP contribution in [0.4, 0.5) is 5.69 Å². The van der Waals surface area contributed by atoms with E-state index in [1.54, 1.807) is 42.6 Å². The number of aliphatic imine (C=N–C) groups is 1. The van der Waals surface area contributed by atoms with E-state index in [1.165, 1.54) is 0 Å². The molecule has 0 amide bonds. The summed E-state index contributed by atoms with van der Waals surface area (Å²) in [5.41, 5.74) is 5.72. The van der Waals surface area contributed by atoms with Crippen molar-refractivity contribution in [3.05, 3.63) is 112 Å². The molecule has 1 heterocycles. The van der Waals surface area contributed by atoms with Gasteiger partial charge in [0.1, 0.15) is 11.3 Å². The summed E-state index contributed by atoms with van der Waals surface area (Å²) in [4.78, 5) is 21.5. The van der Waals surface area contributed by atoms with Gasteiger partial charge in [-0.15, -0.1) is 0 Å². The van der Waals surface area contributed by atoms with Crippen molar-refractivity contribution in [1.29, 1.82) is 0 Å². The molecule has 0 N–H and O–H groups in total. The summed E-state index contributed by atoms with van der Waals surface area (Å²) in [6.07, 6.45) is 1.76. The van der Waals surface area contributed by atoms with Gasteiger partial charge in [0.05, 0.1) is 11.3 Å². The first-order valence-corrected chi connectivity index (χ1v) is 11.4. The maximum Gasteiger partial charge on any atom is 0.343 e. The molecule has 0 spiro atoms. The number of aryl methyl sites for hydroxylation is 1. The largest absolute Gasteiger partial charge is 0.436 e. The van der Waals surface area contributed by atoms with Crippen molar-refractivity contribution in [2.45, 2.75) is 6.92 Å². The van der Waals surface area contributed by atoms with Crippen LogP contribution in [0.25, 0.3) is 22.6 Å². The predicted molar refractivity (Wildman–Crippen MR) is 137 cm³/mol. The molecule has 0 aliphatic carbocycles. The third-order valence-electron chi connectivity index (χ3n) is 5.25. The number of fused-ring (bicyclic) bond motifs is 1. The quantitative estimate of drug-likeness (QED) is 0.139. The highest BCUT2D eigenvalue weighted by molar-refractivity contribution is 9.10. The number of hydrogen-bond acceptors (Lipinski definition) is 5. The fourth-order valence-electron chi connectivity index (χ4n) is 3.45. The molecule has 0 saturated carbocycles. The molecule has 0 aliphatic rings. The molecule has 166 valence electrons. The minimum Gasteiger partial charge on any atom is -0.436 e. The molecule has 0 atom stereocenters. The third-order valence-corrected chi connectivity index (χ3v) is 5.78. The zero-order valence-corrected chi connectivity index (χ0v) is 19.8. The number of nitrogens with zero attached hydrogens (tertiary/aromatic N) is 2. The van der Waals surface area contributed by atoms with E-state index in [9.17, 15) is 4.79 Å². The summed E-state index contributed by atoms with van der Waals surface area (Å²) < 4.78 is 12.3. The lowest BCUT2D eigenvalue weighted by molar-refractivity contribution is 0.0734. The molecule has 0 fully saturated rings. The lowest BCUT2D eigenvalue weighted by Crippen LogP contribution is -2.08. The number of carbonyl (C=O) groups is 1. The Kier molecular flexibility index (Phi) is 6.06. The molecule has 5 aromatic rings. The molecular formula is C28H19BrN2O3. The SMILES string of the molecule is Cc1cccc2oc(-c3cccc(N=Cc4ccc(OC(=O)c5ccc(Br)cc5)cc4)c3)nc12. The summed E-state index contributed by atoms with van der Waals surface area (Å²) in [5, 5.41) is 0. The van der Waals surface area contributed by atoms with Gasteiger partial charge in [0, 0.05) is 16.3 Å². The molecule has 6 heteroatoms. The number of halogens is 1. The van der Waals surface area contributed by atoms with Crippen LogP contribution in [0.1, 0.15) is 21.5 Å². The Labute approximate surface area is 204 Å². The van der Waals surface area contributed by atoms with E-state index in [0.717, 1.165) is 38.0 Å². The van der Waals surface area contributed by atoms with Gasteiger partial charge in [0.15, 0.2) is 5.58 Å². The second-order valence-electron chi connectivity index (χ2n) is 7.71. The fraction of sp³-hybridized carbons (Fsp3) is 0.0357. The minimum atomic E-state index is -0.403.